The zero-order valence-electron chi connectivity index (χ0n) is 12.1. The van der Waals surface area contributed by atoms with E-state index in [1.54, 1.807) is 0 Å². The van der Waals surface area contributed by atoms with Gasteiger partial charge in [-0.2, -0.15) is 13.2 Å². The molecule has 0 spiro atoms. The monoisotopic (exact) mass is 315 g/mol. The lowest BCUT2D eigenvalue weighted by Crippen LogP contribution is -2.54. The van der Waals surface area contributed by atoms with Crippen LogP contribution in [0.2, 0.25) is 0 Å². The van der Waals surface area contributed by atoms with E-state index in [-0.39, 0.29) is 18.7 Å². The molecule has 1 fully saturated rings. The van der Waals surface area contributed by atoms with Gasteiger partial charge in [-0.1, -0.05) is 18.2 Å². The maximum atomic E-state index is 13.2. The third-order valence-electron chi connectivity index (χ3n) is 3.40. The molecule has 1 saturated heterocycles. The minimum atomic E-state index is -4.60. The lowest BCUT2D eigenvalue weighted by Gasteiger charge is -2.37. The second-order valence-electron chi connectivity index (χ2n) is 5.15. The fourth-order valence-electron chi connectivity index (χ4n) is 2.43. The van der Waals surface area contributed by atoms with Crippen LogP contribution >= 0.6 is 0 Å². The molecule has 0 radical (unpaired) electrons. The van der Waals surface area contributed by atoms with Crippen LogP contribution in [0.15, 0.2) is 24.3 Å². The van der Waals surface area contributed by atoms with Crippen LogP contribution < -0.4 is 5.32 Å². The van der Waals surface area contributed by atoms with Gasteiger partial charge in [0.25, 0.3) is 0 Å². The van der Waals surface area contributed by atoms with Gasteiger partial charge in [-0.05, 0) is 11.6 Å². The lowest BCUT2D eigenvalue weighted by atomic mass is 9.96. The summed E-state index contributed by atoms with van der Waals surface area (Å²) in [4.78, 5) is 26.7. The van der Waals surface area contributed by atoms with Gasteiger partial charge in [0.15, 0.2) is 0 Å². The van der Waals surface area contributed by atoms with Crippen LogP contribution in [0.5, 0.6) is 0 Å². The first-order valence-corrected chi connectivity index (χ1v) is 6.65. The number of nitrogens with zero attached hydrogens (tertiary/aromatic N) is 2. The lowest BCUT2D eigenvalue weighted by molar-refractivity contribution is -0.139. The van der Waals surface area contributed by atoms with E-state index in [0.29, 0.717) is 0 Å². The highest BCUT2D eigenvalue weighted by molar-refractivity contribution is 5.89. The Balaban J connectivity index is 2.51. The van der Waals surface area contributed by atoms with Gasteiger partial charge < -0.3 is 15.1 Å². The van der Waals surface area contributed by atoms with E-state index < -0.39 is 29.7 Å². The van der Waals surface area contributed by atoms with Gasteiger partial charge in [-0.3, -0.25) is 4.79 Å². The summed E-state index contributed by atoms with van der Waals surface area (Å²) in [5.74, 6) is -0.613. The molecule has 3 amide bonds. The summed E-state index contributed by atoms with van der Waals surface area (Å²) in [6, 6.07) is 3.03. The Bertz CT molecular complexity index is 587. The Labute approximate surface area is 125 Å². The Morgan fingerprint density at radius 1 is 1.32 bits per heavy atom. The van der Waals surface area contributed by atoms with Crippen LogP contribution in [0, 0.1) is 0 Å². The van der Waals surface area contributed by atoms with Crippen molar-refractivity contribution >= 4 is 11.9 Å². The van der Waals surface area contributed by atoms with Crippen LogP contribution in [0.1, 0.15) is 17.2 Å². The summed E-state index contributed by atoms with van der Waals surface area (Å²) in [6.07, 6.45) is -4.60. The number of rotatable bonds is 1. The number of carbonyl (C=O) groups excluding carboxylic acids is 2. The Morgan fingerprint density at radius 2 is 1.95 bits per heavy atom. The molecule has 8 heteroatoms. The smallest absolute Gasteiger partial charge is 0.352 e. The van der Waals surface area contributed by atoms with E-state index >= 15 is 0 Å². The number of hydrogen-bond donors (Lipinski definition) is 1. The molecule has 1 aromatic rings. The Kier molecular flexibility index (Phi) is 4.30. The van der Waals surface area contributed by atoms with Crippen LogP contribution in [-0.4, -0.2) is 48.9 Å². The third-order valence-corrected chi connectivity index (χ3v) is 3.40. The number of piperazine rings is 1. The predicted octanol–water partition coefficient (Wildman–Crippen LogP) is 1.86. The first kappa shape index (κ1) is 16.1. The van der Waals surface area contributed by atoms with Gasteiger partial charge >= 0.3 is 12.2 Å². The van der Waals surface area contributed by atoms with Crippen molar-refractivity contribution in [3.8, 4) is 0 Å². The van der Waals surface area contributed by atoms with Crippen LogP contribution in [-0.2, 0) is 11.0 Å². The van der Waals surface area contributed by atoms with Crippen molar-refractivity contribution < 1.29 is 22.8 Å². The molecule has 0 saturated carbocycles. The van der Waals surface area contributed by atoms with Crippen molar-refractivity contribution in [2.45, 2.75) is 12.2 Å². The highest BCUT2D eigenvalue weighted by atomic mass is 19.4. The summed E-state index contributed by atoms with van der Waals surface area (Å²) in [5.41, 5.74) is -1.13. The summed E-state index contributed by atoms with van der Waals surface area (Å²) >= 11 is 0. The third kappa shape index (κ3) is 3.00. The summed E-state index contributed by atoms with van der Waals surface area (Å²) in [7, 11) is 2.98. The molecule has 1 aliphatic rings. The van der Waals surface area contributed by atoms with E-state index in [0.717, 1.165) is 11.0 Å². The molecule has 0 aliphatic carbocycles. The number of alkyl halides is 3. The van der Waals surface area contributed by atoms with Gasteiger partial charge in [-0.15, -0.1) is 0 Å². The highest BCUT2D eigenvalue weighted by Gasteiger charge is 2.41. The van der Waals surface area contributed by atoms with Crippen LogP contribution in [0.3, 0.4) is 0 Å². The molecule has 1 heterocycles. The molecular formula is C14H16F3N3O2. The minimum absolute atomic E-state index is 0.152. The molecule has 1 aromatic carbocycles. The zero-order chi connectivity index (χ0) is 16.5. The highest BCUT2D eigenvalue weighted by Crippen LogP contribution is 2.37. The first-order chi connectivity index (χ1) is 10.2. The summed E-state index contributed by atoms with van der Waals surface area (Å²) in [5, 5.41) is 2.51. The quantitative estimate of drug-likeness (QED) is 0.860. The normalized spacial score (nSPS) is 18.9. The van der Waals surface area contributed by atoms with Gasteiger partial charge in [0, 0.05) is 27.2 Å². The molecule has 5 nitrogen and oxygen atoms in total. The maximum Gasteiger partial charge on any atom is 0.416 e. The topological polar surface area (TPSA) is 52.7 Å². The van der Waals surface area contributed by atoms with E-state index in [2.05, 4.69) is 5.32 Å². The molecular weight excluding hydrogens is 299 g/mol. The van der Waals surface area contributed by atoms with Gasteiger partial charge in [0.05, 0.1) is 5.56 Å². The largest absolute Gasteiger partial charge is 0.416 e. The molecule has 0 unspecified atom stereocenters. The predicted molar refractivity (Wildman–Crippen MR) is 73.0 cm³/mol. The summed E-state index contributed by atoms with van der Waals surface area (Å²) < 4.78 is 39.5. The number of nitrogens with one attached hydrogen (secondary N) is 1. The number of hydrogen-bond acceptors (Lipinski definition) is 2. The number of benzene rings is 1. The fraction of sp³-hybridized carbons (Fsp3) is 0.429. The van der Waals surface area contributed by atoms with Crippen molar-refractivity contribution in [1.82, 2.24) is 15.1 Å². The average molecular weight is 315 g/mol. The first-order valence-electron chi connectivity index (χ1n) is 6.65. The number of halogens is 3. The zero-order valence-corrected chi connectivity index (χ0v) is 12.1. The van der Waals surface area contributed by atoms with Crippen molar-refractivity contribution in [2.75, 3.05) is 27.2 Å². The van der Waals surface area contributed by atoms with E-state index in [1.807, 2.05) is 0 Å². The summed E-state index contributed by atoms with van der Waals surface area (Å²) in [6.45, 7) is 0.364. The number of carbonyl (C=O) groups is 2. The van der Waals surface area contributed by atoms with Crippen molar-refractivity contribution in [1.29, 1.82) is 0 Å². The minimum Gasteiger partial charge on any atom is -0.352 e. The molecule has 1 aliphatic heterocycles. The van der Waals surface area contributed by atoms with Crippen molar-refractivity contribution in [3.05, 3.63) is 35.4 Å². The van der Waals surface area contributed by atoms with Gasteiger partial charge in [0.1, 0.15) is 6.04 Å². The average Bonchev–Trinajstić information content (AvgIpc) is 2.45. The standard InChI is InChI=1S/C14H16F3N3O2/c1-19(2)13(22)20-8-7-18-12(21)11(20)9-5-3-4-6-10(9)14(15,16)17/h3-6,11H,7-8H2,1-2H3,(H,18,21)/t11-/m0/s1. The van der Waals surface area contributed by atoms with E-state index in [1.165, 1.54) is 37.2 Å². The van der Waals surface area contributed by atoms with Crippen LogP contribution in [0.4, 0.5) is 18.0 Å². The van der Waals surface area contributed by atoms with Gasteiger partial charge in [0.2, 0.25) is 5.91 Å². The Morgan fingerprint density at radius 3 is 2.55 bits per heavy atom. The molecule has 120 valence electrons. The number of urea groups is 1. The maximum absolute atomic E-state index is 13.2. The van der Waals surface area contributed by atoms with Crippen molar-refractivity contribution in [3.63, 3.8) is 0 Å². The molecule has 1 atom stereocenters. The molecule has 2 rings (SSSR count). The Hall–Kier alpha value is -2.25. The second-order valence-corrected chi connectivity index (χ2v) is 5.15. The molecule has 0 aromatic heterocycles. The van der Waals surface area contributed by atoms with E-state index in [4.69, 9.17) is 0 Å². The van der Waals surface area contributed by atoms with Gasteiger partial charge in [-0.25, -0.2) is 4.79 Å². The molecule has 22 heavy (non-hydrogen) atoms. The van der Waals surface area contributed by atoms with E-state index in [9.17, 15) is 22.8 Å². The van der Waals surface area contributed by atoms with Crippen molar-refractivity contribution in [2.24, 2.45) is 0 Å². The fourth-order valence-corrected chi connectivity index (χ4v) is 2.43. The SMILES string of the molecule is CN(C)C(=O)N1CCNC(=O)[C@@H]1c1ccccc1C(F)(F)F. The van der Waals surface area contributed by atoms with Crippen LogP contribution in [0.25, 0.3) is 0 Å². The molecule has 1 N–H and O–H groups in total. The molecule has 0 bridgehead atoms. The second kappa shape index (κ2) is 5.86. The number of amides is 3.